The number of hydrogen-bond acceptors (Lipinski definition) is 4. The standard InChI is InChI=1S/C14H16N4O2S/c1-3-18-10-14(17-11(18)2)21(19,20)16-9-13-6-4-5-12(7-13)8-15/h4-7,10,16H,3,9H2,1-2H3. The Bertz CT molecular complexity index is 788. The SMILES string of the molecule is CCn1cc(S(=O)(=O)NCc2cccc(C#N)c2)nc1C. The Hall–Kier alpha value is -2.17. The summed E-state index contributed by atoms with van der Waals surface area (Å²) in [4.78, 5) is 4.06. The van der Waals surface area contributed by atoms with Gasteiger partial charge in [-0.2, -0.15) is 5.26 Å². The number of hydrogen-bond donors (Lipinski definition) is 1. The minimum Gasteiger partial charge on any atom is -0.334 e. The van der Waals surface area contributed by atoms with Crippen molar-refractivity contribution in [2.24, 2.45) is 0 Å². The number of nitriles is 1. The fourth-order valence-corrected chi connectivity index (χ4v) is 2.95. The Labute approximate surface area is 124 Å². The van der Waals surface area contributed by atoms with Crippen LogP contribution in [-0.4, -0.2) is 18.0 Å². The quantitative estimate of drug-likeness (QED) is 0.908. The summed E-state index contributed by atoms with van der Waals surface area (Å²) in [5.74, 6) is 0.657. The molecule has 0 unspecified atom stereocenters. The molecule has 2 aromatic rings. The van der Waals surface area contributed by atoms with Crippen LogP contribution < -0.4 is 4.72 Å². The lowest BCUT2D eigenvalue weighted by atomic mass is 10.1. The maximum Gasteiger partial charge on any atom is 0.259 e. The zero-order chi connectivity index (χ0) is 15.5. The minimum absolute atomic E-state index is 0.0123. The molecule has 2 rings (SSSR count). The summed E-state index contributed by atoms with van der Waals surface area (Å²) in [6, 6.07) is 8.83. The van der Waals surface area contributed by atoms with E-state index in [0.717, 1.165) is 5.56 Å². The minimum atomic E-state index is -3.65. The number of imidazole rings is 1. The van der Waals surface area contributed by atoms with Crippen LogP contribution in [0.25, 0.3) is 0 Å². The van der Waals surface area contributed by atoms with E-state index in [1.54, 1.807) is 35.8 Å². The van der Waals surface area contributed by atoms with Crippen molar-refractivity contribution in [1.29, 1.82) is 5.26 Å². The number of rotatable bonds is 5. The molecule has 0 fully saturated rings. The summed E-state index contributed by atoms with van der Waals surface area (Å²) in [7, 11) is -3.65. The van der Waals surface area contributed by atoms with Crippen LogP contribution in [0.4, 0.5) is 0 Å². The van der Waals surface area contributed by atoms with Crippen molar-refractivity contribution in [3.8, 4) is 6.07 Å². The maximum atomic E-state index is 12.2. The Morgan fingerprint density at radius 1 is 1.43 bits per heavy atom. The lowest BCUT2D eigenvalue weighted by Crippen LogP contribution is -2.23. The van der Waals surface area contributed by atoms with E-state index in [1.165, 1.54) is 6.20 Å². The molecule has 6 nitrogen and oxygen atoms in total. The van der Waals surface area contributed by atoms with Gasteiger partial charge in [0.15, 0.2) is 5.03 Å². The normalized spacial score (nSPS) is 11.3. The van der Waals surface area contributed by atoms with Gasteiger partial charge in [0.25, 0.3) is 10.0 Å². The van der Waals surface area contributed by atoms with Gasteiger partial charge in [-0.1, -0.05) is 12.1 Å². The molecule has 0 saturated carbocycles. The molecular weight excluding hydrogens is 288 g/mol. The number of aryl methyl sites for hydroxylation is 2. The summed E-state index contributed by atoms with van der Waals surface area (Å²) in [5, 5.41) is 8.84. The highest BCUT2D eigenvalue weighted by Gasteiger charge is 2.18. The van der Waals surface area contributed by atoms with Crippen LogP contribution in [0.5, 0.6) is 0 Å². The Morgan fingerprint density at radius 2 is 2.19 bits per heavy atom. The first-order valence-electron chi connectivity index (χ1n) is 6.48. The van der Waals surface area contributed by atoms with Crippen molar-refractivity contribution in [2.45, 2.75) is 32.0 Å². The summed E-state index contributed by atoms with van der Waals surface area (Å²) >= 11 is 0. The fraction of sp³-hybridized carbons (Fsp3) is 0.286. The smallest absolute Gasteiger partial charge is 0.259 e. The van der Waals surface area contributed by atoms with Crippen molar-refractivity contribution < 1.29 is 8.42 Å². The van der Waals surface area contributed by atoms with E-state index in [-0.39, 0.29) is 11.6 Å². The van der Waals surface area contributed by atoms with Gasteiger partial charge in [0.2, 0.25) is 0 Å². The molecule has 1 N–H and O–H groups in total. The number of nitrogens with zero attached hydrogens (tertiary/aromatic N) is 3. The third kappa shape index (κ3) is 3.48. The first-order valence-corrected chi connectivity index (χ1v) is 7.97. The predicted octanol–water partition coefficient (Wildman–Crippen LogP) is 1.56. The van der Waals surface area contributed by atoms with E-state index in [4.69, 9.17) is 5.26 Å². The zero-order valence-corrected chi connectivity index (χ0v) is 12.7. The van der Waals surface area contributed by atoms with Crippen molar-refractivity contribution in [1.82, 2.24) is 14.3 Å². The number of sulfonamides is 1. The molecule has 110 valence electrons. The molecule has 0 atom stereocenters. The number of benzene rings is 1. The Balaban J connectivity index is 2.15. The predicted molar refractivity (Wildman–Crippen MR) is 77.8 cm³/mol. The average molecular weight is 304 g/mol. The number of nitrogens with one attached hydrogen (secondary N) is 1. The van der Waals surface area contributed by atoms with E-state index in [9.17, 15) is 8.42 Å². The summed E-state index contributed by atoms with van der Waals surface area (Å²) in [5.41, 5.74) is 1.22. The van der Waals surface area contributed by atoms with Gasteiger partial charge < -0.3 is 4.57 Å². The zero-order valence-electron chi connectivity index (χ0n) is 11.9. The highest BCUT2D eigenvalue weighted by atomic mass is 32.2. The van der Waals surface area contributed by atoms with Crippen LogP contribution in [0.2, 0.25) is 0 Å². The van der Waals surface area contributed by atoms with Gasteiger partial charge >= 0.3 is 0 Å². The molecule has 1 heterocycles. The summed E-state index contributed by atoms with van der Waals surface area (Å²) < 4.78 is 28.6. The highest BCUT2D eigenvalue weighted by molar-refractivity contribution is 7.89. The third-order valence-electron chi connectivity index (χ3n) is 3.09. The van der Waals surface area contributed by atoms with E-state index in [2.05, 4.69) is 9.71 Å². The molecule has 0 aliphatic heterocycles. The van der Waals surface area contributed by atoms with Crippen LogP contribution in [-0.2, 0) is 23.1 Å². The van der Waals surface area contributed by atoms with Gasteiger partial charge in [-0.25, -0.2) is 18.1 Å². The molecule has 7 heteroatoms. The van der Waals surface area contributed by atoms with Gasteiger partial charge in [0.05, 0.1) is 11.6 Å². The van der Waals surface area contributed by atoms with Gasteiger partial charge in [-0.05, 0) is 31.5 Å². The third-order valence-corrected chi connectivity index (χ3v) is 4.36. The molecule has 0 radical (unpaired) electrons. The summed E-state index contributed by atoms with van der Waals surface area (Å²) in [6.07, 6.45) is 1.52. The first-order chi connectivity index (χ1) is 9.96. The molecule has 1 aromatic carbocycles. The molecule has 0 amide bonds. The largest absolute Gasteiger partial charge is 0.334 e. The molecule has 0 aliphatic rings. The average Bonchev–Trinajstić information content (AvgIpc) is 2.87. The van der Waals surface area contributed by atoms with Crippen molar-refractivity contribution >= 4 is 10.0 Å². The second-order valence-electron chi connectivity index (χ2n) is 4.55. The maximum absolute atomic E-state index is 12.2. The molecule has 21 heavy (non-hydrogen) atoms. The van der Waals surface area contributed by atoms with Crippen molar-refractivity contribution in [2.75, 3.05) is 0 Å². The van der Waals surface area contributed by atoms with E-state index in [1.807, 2.05) is 13.0 Å². The molecular formula is C14H16N4O2S. The van der Waals surface area contributed by atoms with E-state index in [0.29, 0.717) is 17.9 Å². The molecule has 0 saturated heterocycles. The van der Waals surface area contributed by atoms with Gasteiger partial charge in [0, 0.05) is 19.3 Å². The fourth-order valence-electron chi connectivity index (χ4n) is 1.93. The van der Waals surface area contributed by atoms with Crippen LogP contribution in [0.1, 0.15) is 23.9 Å². The second kappa shape index (κ2) is 6.08. The van der Waals surface area contributed by atoms with E-state index >= 15 is 0 Å². The monoisotopic (exact) mass is 304 g/mol. The molecule has 0 aliphatic carbocycles. The molecule has 0 bridgehead atoms. The Kier molecular flexibility index (Phi) is 4.40. The lowest BCUT2D eigenvalue weighted by Gasteiger charge is -2.04. The van der Waals surface area contributed by atoms with Crippen LogP contribution in [0.3, 0.4) is 0 Å². The van der Waals surface area contributed by atoms with Crippen LogP contribution in [0.15, 0.2) is 35.5 Å². The number of aromatic nitrogens is 2. The molecule has 0 spiro atoms. The molecule has 1 aromatic heterocycles. The van der Waals surface area contributed by atoms with Crippen molar-refractivity contribution in [3.05, 3.63) is 47.4 Å². The highest BCUT2D eigenvalue weighted by Crippen LogP contribution is 2.10. The van der Waals surface area contributed by atoms with Gasteiger partial charge in [-0.15, -0.1) is 0 Å². The van der Waals surface area contributed by atoms with Gasteiger partial charge in [0.1, 0.15) is 5.82 Å². The van der Waals surface area contributed by atoms with Crippen LogP contribution in [0, 0.1) is 18.3 Å². The topological polar surface area (TPSA) is 87.8 Å². The van der Waals surface area contributed by atoms with E-state index < -0.39 is 10.0 Å². The Morgan fingerprint density at radius 3 is 2.81 bits per heavy atom. The van der Waals surface area contributed by atoms with Crippen LogP contribution >= 0.6 is 0 Å². The van der Waals surface area contributed by atoms with Gasteiger partial charge in [-0.3, -0.25) is 0 Å². The summed E-state index contributed by atoms with van der Waals surface area (Å²) in [6.45, 7) is 4.47. The first kappa shape index (κ1) is 15.2. The van der Waals surface area contributed by atoms with Crippen molar-refractivity contribution in [3.63, 3.8) is 0 Å². The lowest BCUT2D eigenvalue weighted by molar-refractivity contribution is 0.577. The second-order valence-corrected chi connectivity index (χ2v) is 6.26.